The van der Waals surface area contributed by atoms with Crippen LogP contribution in [0, 0.1) is 0 Å². The van der Waals surface area contributed by atoms with Gasteiger partial charge in [0.25, 0.3) is 0 Å². The van der Waals surface area contributed by atoms with Crippen LogP contribution in [0.2, 0.25) is 0 Å². The first-order chi connectivity index (χ1) is 22.3. The number of nitrogens with zero attached hydrogens (tertiary/aromatic N) is 2. The first kappa shape index (κ1) is 17.2. The molecule has 0 bridgehead atoms. The van der Waals surface area contributed by atoms with E-state index >= 15 is 0 Å². The number of aromatic nitrogens is 1. The van der Waals surface area contributed by atoms with E-state index in [9.17, 15) is 0 Å². The summed E-state index contributed by atoms with van der Waals surface area (Å²) in [5.41, 5.74) is 6.60. The van der Waals surface area contributed by atoms with Gasteiger partial charge < -0.3 is 9.32 Å². The second kappa shape index (κ2) is 9.11. The topological polar surface area (TPSA) is 29.3 Å². The van der Waals surface area contributed by atoms with Gasteiger partial charge in [0, 0.05) is 39.1 Å². The molecule has 6 aromatic carbocycles. The second-order valence-electron chi connectivity index (χ2n) is 9.58. The zero-order chi connectivity index (χ0) is 31.7. The molecule has 0 fully saturated rings. The maximum Gasteiger partial charge on any atom is 0.227 e. The molecule has 8 rings (SSSR count). The summed E-state index contributed by atoms with van der Waals surface area (Å²) in [7, 11) is 0. The lowest BCUT2D eigenvalue weighted by atomic mass is 10.0. The molecular weight excluding hydrogens is 488 g/mol. The van der Waals surface area contributed by atoms with Crippen LogP contribution in [0.1, 0.15) is 8.22 Å². The van der Waals surface area contributed by atoms with Crippen molar-refractivity contribution in [3.8, 4) is 45.2 Å². The van der Waals surface area contributed by atoms with E-state index in [0.717, 1.165) is 28.2 Å². The van der Waals surface area contributed by atoms with E-state index in [1.807, 2.05) is 66.7 Å². The van der Waals surface area contributed by atoms with Crippen molar-refractivity contribution >= 4 is 27.8 Å². The Morgan fingerprint density at radius 3 is 2.00 bits per heavy atom. The highest BCUT2D eigenvalue weighted by Gasteiger charge is 2.27. The molecule has 3 nitrogen and oxygen atoms in total. The molecule has 7 aromatic rings. The van der Waals surface area contributed by atoms with Gasteiger partial charge in [-0.05, 0) is 65.0 Å². The molecule has 1 heterocycles. The highest BCUT2D eigenvalue weighted by molar-refractivity contribution is 6.13. The van der Waals surface area contributed by atoms with Gasteiger partial charge in [-0.1, -0.05) is 96.9 Å². The zero-order valence-electron chi connectivity index (χ0n) is 27.2. The minimum atomic E-state index is -0.355. The van der Waals surface area contributed by atoms with Crippen molar-refractivity contribution in [3.05, 3.63) is 145 Å². The van der Waals surface area contributed by atoms with Crippen LogP contribution in [0.4, 0.5) is 17.1 Å². The van der Waals surface area contributed by atoms with E-state index < -0.39 is 0 Å². The minimum Gasteiger partial charge on any atom is -0.435 e. The van der Waals surface area contributed by atoms with Crippen LogP contribution in [0.3, 0.4) is 0 Å². The van der Waals surface area contributed by atoms with Crippen molar-refractivity contribution in [2.45, 2.75) is 0 Å². The fourth-order valence-corrected chi connectivity index (χ4v) is 5.33. The lowest BCUT2D eigenvalue weighted by Crippen LogP contribution is -2.09. The minimum absolute atomic E-state index is 0.0726. The summed E-state index contributed by atoms with van der Waals surface area (Å²) in [6.07, 6.45) is 0. The van der Waals surface area contributed by atoms with Crippen LogP contribution in [-0.2, 0) is 0 Å². The van der Waals surface area contributed by atoms with Gasteiger partial charge in [-0.25, -0.2) is 4.98 Å². The van der Waals surface area contributed by atoms with Gasteiger partial charge >= 0.3 is 0 Å². The average Bonchev–Trinajstić information content (AvgIpc) is 3.65. The van der Waals surface area contributed by atoms with Gasteiger partial charge in [0.1, 0.15) is 5.69 Å². The predicted octanol–water partition coefficient (Wildman–Crippen LogP) is 10.3. The Hall–Kier alpha value is -5.41. The third kappa shape index (κ3) is 3.63. The zero-order valence-corrected chi connectivity index (χ0v) is 21.2. The number of rotatable bonds is 5. The number of hydrogen-bond acceptors (Lipinski definition) is 3. The first-order valence-electron chi connectivity index (χ1n) is 16.0. The number of hydrogen-bond donors (Lipinski definition) is 0. The summed E-state index contributed by atoms with van der Waals surface area (Å²) >= 11 is 0. The molecular formula is C37H24N2O. The normalized spacial score (nSPS) is 13.6. The van der Waals surface area contributed by atoms with Crippen LogP contribution >= 0.6 is 0 Å². The smallest absolute Gasteiger partial charge is 0.227 e. The van der Waals surface area contributed by atoms with Crippen LogP contribution in [0.25, 0.3) is 55.9 Å². The Balaban J connectivity index is 1.22. The molecule has 1 aliphatic rings. The number of fused-ring (bicyclic) bond motifs is 3. The summed E-state index contributed by atoms with van der Waals surface area (Å²) in [6, 6.07) is 34.8. The van der Waals surface area contributed by atoms with E-state index in [4.69, 9.17) is 17.6 Å². The maximum absolute atomic E-state index is 8.64. The molecule has 0 aliphatic heterocycles. The van der Waals surface area contributed by atoms with Crippen molar-refractivity contribution in [2.75, 3.05) is 4.90 Å². The molecule has 0 atom stereocenters. The Kier molecular flexibility index (Phi) is 3.92. The molecule has 188 valence electrons. The first-order valence-corrected chi connectivity index (χ1v) is 13.0. The molecule has 0 saturated carbocycles. The van der Waals surface area contributed by atoms with E-state index in [0.29, 0.717) is 16.6 Å². The van der Waals surface area contributed by atoms with E-state index in [1.54, 1.807) is 0 Å². The maximum atomic E-state index is 8.64. The van der Waals surface area contributed by atoms with Gasteiger partial charge in [0.2, 0.25) is 5.89 Å². The monoisotopic (exact) mass is 518 g/mol. The molecule has 0 N–H and O–H groups in total. The highest BCUT2D eigenvalue weighted by Crippen LogP contribution is 2.48. The molecule has 0 spiro atoms. The van der Waals surface area contributed by atoms with Gasteiger partial charge in [-0.2, -0.15) is 0 Å². The predicted molar refractivity (Wildman–Crippen MR) is 164 cm³/mol. The molecule has 0 saturated heterocycles. The summed E-state index contributed by atoms with van der Waals surface area (Å²) in [6.45, 7) is 0. The lowest BCUT2D eigenvalue weighted by Gasteiger charge is -2.26. The largest absolute Gasteiger partial charge is 0.435 e. The van der Waals surface area contributed by atoms with Gasteiger partial charge in [-0.15, -0.1) is 0 Å². The van der Waals surface area contributed by atoms with Crippen LogP contribution in [-0.4, -0.2) is 4.98 Å². The van der Waals surface area contributed by atoms with Crippen molar-refractivity contribution in [1.82, 2.24) is 4.98 Å². The third-order valence-corrected chi connectivity index (χ3v) is 7.19. The molecule has 3 heteroatoms. The molecule has 40 heavy (non-hydrogen) atoms. The number of benzene rings is 6. The average molecular weight is 519 g/mol. The van der Waals surface area contributed by atoms with E-state index in [-0.39, 0.29) is 64.4 Å². The van der Waals surface area contributed by atoms with Crippen LogP contribution in [0.15, 0.2) is 150 Å². The number of oxazole rings is 1. The van der Waals surface area contributed by atoms with E-state index in [2.05, 4.69) is 47.4 Å². The Morgan fingerprint density at radius 2 is 1.23 bits per heavy atom. The van der Waals surface area contributed by atoms with Crippen LogP contribution in [0.5, 0.6) is 0 Å². The quantitative estimate of drug-likeness (QED) is 0.227. The summed E-state index contributed by atoms with van der Waals surface area (Å²) in [4.78, 5) is 6.89. The third-order valence-electron chi connectivity index (χ3n) is 7.19. The fraction of sp³-hybridized carbons (Fsp3) is 0. The van der Waals surface area contributed by atoms with Crippen molar-refractivity contribution in [2.24, 2.45) is 0 Å². The molecule has 1 aliphatic carbocycles. The fourth-order valence-electron chi connectivity index (χ4n) is 5.33. The Labute approximate surface area is 241 Å². The Morgan fingerprint density at radius 1 is 0.575 bits per heavy atom. The summed E-state index contributed by atoms with van der Waals surface area (Å²) < 4.78 is 57.0. The van der Waals surface area contributed by atoms with Gasteiger partial charge in [0.05, 0.1) is 8.22 Å². The summed E-state index contributed by atoms with van der Waals surface area (Å²) in [5.74, 6) is 0.495. The number of para-hydroxylation sites is 1. The van der Waals surface area contributed by atoms with E-state index in [1.165, 1.54) is 0 Å². The van der Waals surface area contributed by atoms with Crippen LogP contribution < -0.4 is 4.90 Å². The van der Waals surface area contributed by atoms with Gasteiger partial charge in [-0.3, -0.25) is 0 Å². The highest BCUT2D eigenvalue weighted by atomic mass is 16.4. The Bertz CT molecular complexity index is 2250. The molecule has 0 amide bonds. The summed E-state index contributed by atoms with van der Waals surface area (Å²) in [5, 5.41) is 0.389. The molecule has 0 unspecified atom stereocenters. The molecule has 0 radical (unpaired) electrons. The second-order valence-corrected chi connectivity index (χ2v) is 9.58. The lowest BCUT2D eigenvalue weighted by molar-refractivity contribution is 0.590. The standard InChI is InChI=1S/C37H24N2O/c1-3-10-25(11-4-1)28-14-7-17-31(24-28)39(29-15-5-2-6-16-29)30-22-20-27(21-23-30)37-38-35-32-18-8-12-26-13-9-19-33(34(26)32)36(35)40-37/h1-24H/i8D,9D,12D,13D,18D,19D. The number of anilines is 3. The molecule has 1 aromatic heterocycles. The van der Waals surface area contributed by atoms with Crippen molar-refractivity contribution in [1.29, 1.82) is 0 Å². The van der Waals surface area contributed by atoms with Crippen molar-refractivity contribution in [3.63, 3.8) is 0 Å². The van der Waals surface area contributed by atoms with Crippen molar-refractivity contribution < 1.29 is 12.6 Å². The van der Waals surface area contributed by atoms with Gasteiger partial charge in [0.15, 0.2) is 5.76 Å². The SMILES string of the molecule is [2H]c1c([2H])c2c3c(c([2H])c([2H])c([2H])c3c1[2H])-c1oc(-c3ccc(N(c4ccccc4)c4cccc(-c5ccccc5)c4)cc3)nc1-2.